The number of fused-ring (bicyclic) bond motifs is 1. The molecule has 0 spiro atoms. The molecule has 1 aliphatic heterocycles. The highest BCUT2D eigenvalue weighted by Gasteiger charge is 2.33. The van der Waals surface area contributed by atoms with Crippen molar-refractivity contribution in [2.24, 2.45) is 4.99 Å². The first-order valence-corrected chi connectivity index (χ1v) is 11.6. The van der Waals surface area contributed by atoms with Crippen LogP contribution in [0.5, 0.6) is 5.75 Å². The fourth-order valence-electron chi connectivity index (χ4n) is 3.84. The lowest BCUT2D eigenvalue weighted by atomic mass is 9.95. The summed E-state index contributed by atoms with van der Waals surface area (Å²) in [6, 6.07) is 16.2. The van der Waals surface area contributed by atoms with Gasteiger partial charge in [-0.1, -0.05) is 59.4 Å². The molecule has 0 saturated heterocycles. The molecule has 172 valence electrons. The van der Waals surface area contributed by atoms with E-state index in [1.807, 2.05) is 49.4 Å². The number of rotatable bonds is 6. The SMILES string of the molecule is CCOC(=O)C1=C(C)N=c2sc(=Cc3ccccc3OCC#N)c(=O)n2C1c1ccc(C)cc1. The third-order valence-electron chi connectivity index (χ3n) is 5.41. The van der Waals surface area contributed by atoms with Gasteiger partial charge in [-0.2, -0.15) is 5.26 Å². The number of thiazole rings is 1. The molecular formula is C26H23N3O4S. The minimum Gasteiger partial charge on any atom is -0.478 e. The van der Waals surface area contributed by atoms with Crippen LogP contribution in [0.3, 0.4) is 0 Å². The van der Waals surface area contributed by atoms with Gasteiger partial charge in [0.25, 0.3) is 5.56 Å². The third-order valence-corrected chi connectivity index (χ3v) is 6.39. The lowest BCUT2D eigenvalue weighted by Crippen LogP contribution is -2.39. The molecule has 1 unspecified atom stereocenters. The van der Waals surface area contributed by atoms with Gasteiger partial charge < -0.3 is 9.47 Å². The van der Waals surface area contributed by atoms with Crippen molar-refractivity contribution >= 4 is 23.4 Å². The first kappa shape index (κ1) is 23.2. The summed E-state index contributed by atoms with van der Waals surface area (Å²) in [5.41, 5.74) is 3.16. The largest absolute Gasteiger partial charge is 0.478 e. The Morgan fingerprint density at radius 2 is 1.94 bits per heavy atom. The van der Waals surface area contributed by atoms with Crippen LogP contribution in [0.4, 0.5) is 0 Å². The summed E-state index contributed by atoms with van der Waals surface area (Å²) in [5.74, 6) is 0.0206. The summed E-state index contributed by atoms with van der Waals surface area (Å²) in [7, 11) is 0. The molecule has 1 atom stereocenters. The number of benzene rings is 2. The molecule has 1 aliphatic rings. The molecule has 2 heterocycles. The Morgan fingerprint density at radius 1 is 1.21 bits per heavy atom. The molecule has 34 heavy (non-hydrogen) atoms. The quantitative estimate of drug-likeness (QED) is 0.513. The van der Waals surface area contributed by atoms with Gasteiger partial charge in [-0.25, -0.2) is 9.79 Å². The molecule has 0 aliphatic carbocycles. The van der Waals surface area contributed by atoms with Crippen molar-refractivity contribution in [1.82, 2.24) is 4.57 Å². The van der Waals surface area contributed by atoms with Crippen LogP contribution < -0.4 is 19.6 Å². The summed E-state index contributed by atoms with van der Waals surface area (Å²) >= 11 is 1.24. The van der Waals surface area contributed by atoms with Gasteiger partial charge in [0, 0.05) is 5.56 Å². The molecule has 8 heteroatoms. The summed E-state index contributed by atoms with van der Waals surface area (Å²) in [5, 5.41) is 8.86. The highest BCUT2D eigenvalue weighted by molar-refractivity contribution is 7.07. The molecular weight excluding hydrogens is 450 g/mol. The number of para-hydroxylation sites is 1. The number of carbonyl (C=O) groups excluding carboxylic acids is 1. The van der Waals surface area contributed by atoms with Crippen molar-refractivity contribution in [3.05, 3.63) is 96.2 Å². The van der Waals surface area contributed by atoms with Gasteiger partial charge in [0.2, 0.25) is 0 Å². The van der Waals surface area contributed by atoms with Gasteiger partial charge in [0.05, 0.1) is 28.5 Å². The normalized spacial score (nSPS) is 15.4. The Morgan fingerprint density at radius 3 is 2.65 bits per heavy atom. The van der Waals surface area contributed by atoms with Gasteiger partial charge >= 0.3 is 5.97 Å². The van der Waals surface area contributed by atoms with E-state index in [9.17, 15) is 9.59 Å². The Labute approximate surface area is 200 Å². The molecule has 0 N–H and O–H groups in total. The number of nitriles is 1. The average molecular weight is 474 g/mol. The fourth-order valence-corrected chi connectivity index (χ4v) is 4.88. The second kappa shape index (κ2) is 9.89. The van der Waals surface area contributed by atoms with Crippen LogP contribution in [-0.2, 0) is 9.53 Å². The van der Waals surface area contributed by atoms with E-state index >= 15 is 0 Å². The van der Waals surface area contributed by atoms with E-state index in [0.29, 0.717) is 31.9 Å². The van der Waals surface area contributed by atoms with E-state index < -0.39 is 12.0 Å². The first-order chi connectivity index (χ1) is 16.4. The molecule has 0 fully saturated rings. The van der Waals surface area contributed by atoms with E-state index in [-0.39, 0.29) is 18.8 Å². The van der Waals surface area contributed by atoms with Crippen molar-refractivity contribution in [2.45, 2.75) is 26.8 Å². The predicted molar refractivity (Wildman–Crippen MR) is 129 cm³/mol. The van der Waals surface area contributed by atoms with Crippen LogP contribution in [0.1, 0.15) is 36.6 Å². The van der Waals surface area contributed by atoms with Crippen LogP contribution in [0, 0.1) is 18.3 Å². The van der Waals surface area contributed by atoms with E-state index in [0.717, 1.165) is 11.1 Å². The zero-order valence-electron chi connectivity index (χ0n) is 19.1. The second-order valence-corrected chi connectivity index (χ2v) is 8.71. The van der Waals surface area contributed by atoms with E-state index in [1.165, 1.54) is 11.3 Å². The van der Waals surface area contributed by atoms with Gasteiger partial charge in [-0.05, 0) is 38.5 Å². The number of allylic oxidation sites excluding steroid dienone is 1. The number of nitrogens with zero attached hydrogens (tertiary/aromatic N) is 3. The van der Waals surface area contributed by atoms with Gasteiger partial charge in [0.15, 0.2) is 11.4 Å². The third kappa shape index (κ3) is 4.43. The van der Waals surface area contributed by atoms with E-state index in [4.69, 9.17) is 14.7 Å². The van der Waals surface area contributed by atoms with Crippen LogP contribution in [0.15, 0.2) is 69.6 Å². The molecule has 1 aromatic heterocycles. The van der Waals surface area contributed by atoms with Gasteiger partial charge in [-0.15, -0.1) is 0 Å². The number of hydrogen-bond acceptors (Lipinski definition) is 7. The van der Waals surface area contributed by atoms with Crippen molar-refractivity contribution < 1.29 is 14.3 Å². The molecule has 0 bridgehead atoms. The minimum absolute atomic E-state index is 0.0956. The molecule has 3 aromatic rings. The number of esters is 1. The number of ether oxygens (including phenoxy) is 2. The topological polar surface area (TPSA) is 93.7 Å². The lowest BCUT2D eigenvalue weighted by Gasteiger charge is -2.24. The summed E-state index contributed by atoms with van der Waals surface area (Å²) in [6.07, 6.45) is 1.73. The van der Waals surface area contributed by atoms with Crippen molar-refractivity contribution in [2.75, 3.05) is 13.2 Å². The van der Waals surface area contributed by atoms with Crippen molar-refractivity contribution in [1.29, 1.82) is 5.26 Å². The Kier molecular flexibility index (Phi) is 6.75. The predicted octanol–water partition coefficient (Wildman–Crippen LogP) is 3.01. The first-order valence-electron chi connectivity index (χ1n) is 10.8. The Balaban J connectivity index is 1.93. The summed E-state index contributed by atoms with van der Waals surface area (Å²) < 4.78 is 12.8. The Hall–Kier alpha value is -3.96. The second-order valence-electron chi connectivity index (χ2n) is 7.70. The number of aromatic nitrogens is 1. The van der Waals surface area contributed by atoms with E-state index in [2.05, 4.69) is 4.99 Å². The van der Waals surface area contributed by atoms with Crippen LogP contribution in [0.25, 0.3) is 6.08 Å². The number of hydrogen-bond donors (Lipinski definition) is 0. The molecule has 0 saturated carbocycles. The summed E-state index contributed by atoms with van der Waals surface area (Å²) in [4.78, 5) is 31.6. The fraction of sp³-hybridized carbons (Fsp3) is 0.231. The van der Waals surface area contributed by atoms with Crippen LogP contribution in [-0.4, -0.2) is 23.8 Å². The maximum Gasteiger partial charge on any atom is 0.338 e. The monoisotopic (exact) mass is 473 g/mol. The molecule has 7 nitrogen and oxygen atoms in total. The molecule has 0 amide bonds. The van der Waals surface area contributed by atoms with Crippen LogP contribution in [0.2, 0.25) is 0 Å². The minimum atomic E-state index is -0.650. The standard InChI is InChI=1S/C26H23N3O4S/c1-4-32-25(31)22-17(3)28-26-29(23(22)18-11-9-16(2)10-12-18)24(30)21(34-26)15-19-7-5-6-8-20(19)33-14-13-27/h5-12,15,23H,4,14H2,1-3H3. The van der Waals surface area contributed by atoms with Gasteiger partial charge in [0.1, 0.15) is 11.8 Å². The maximum absolute atomic E-state index is 13.6. The average Bonchev–Trinajstić information content (AvgIpc) is 3.12. The van der Waals surface area contributed by atoms with Gasteiger partial charge in [-0.3, -0.25) is 9.36 Å². The molecule has 4 rings (SSSR count). The highest BCUT2D eigenvalue weighted by atomic mass is 32.1. The maximum atomic E-state index is 13.6. The zero-order valence-corrected chi connectivity index (χ0v) is 19.9. The number of aryl methyl sites for hydroxylation is 1. The van der Waals surface area contributed by atoms with Crippen molar-refractivity contribution in [3.8, 4) is 11.8 Å². The van der Waals surface area contributed by atoms with Crippen molar-refractivity contribution in [3.63, 3.8) is 0 Å². The van der Waals surface area contributed by atoms with Crippen LogP contribution >= 0.6 is 11.3 Å². The summed E-state index contributed by atoms with van der Waals surface area (Å²) in [6.45, 7) is 5.61. The smallest absolute Gasteiger partial charge is 0.338 e. The Bertz CT molecular complexity index is 1490. The lowest BCUT2D eigenvalue weighted by molar-refractivity contribution is -0.139. The zero-order chi connectivity index (χ0) is 24.2. The molecule has 0 radical (unpaired) electrons. The van der Waals surface area contributed by atoms with E-state index in [1.54, 1.807) is 36.6 Å². The molecule has 2 aromatic carbocycles. The number of carbonyl (C=O) groups is 1. The highest BCUT2D eigenvalue weighted by Crippen LogP contribution is 2.30.